The quantitative estimate of drug-likeness (QED) is 0.190. The molecule has 0 amide bonds. The Balaban J connectivity index is 1.21. The maximum atomic E-state index is 10.4. The van der Waals surface area contributed by atoms with E-state index in [0.717, 1.165) is 67.5 Å². The van der Waals surface area contributed by atoms with Gasteiger partial charge in [-0.1, -0.05) is 84.9 Å². The third-order valence-corrected chi connectivity index (χ3v) is 10.3. The fourth-order valence-electron chi connectivity index (χ4n) is 7.99. The largest absolute Gasteiger partial charge is 0.334 e. The molecule has 51 heavy (non-hydrogen) atoms. The summed E-state index contributed by atoms with van der Waals surface area (Å²) in [5.41, 5.74) is 11.9. The lowest BCUT2D eigenvalue weighted by Gasteiger charge is -2.43. The fraction of sp³-hybridized carbons (Fsp3) is 0.0652. The van der Waals surface area contributed by atoms with Gasteiger partial charge in [0.2, 0.25) is 0 Å². The summed E-state index contributed by atoms with van der Waals surface area (Å²) in [7, 11) is 0. The van der Waals surface area contributed by atoms with Gasteiger partial charge in [-0.15, -0.1) is 0 Å². The molecule has 1 aliphatic carbocycles. The van der Waals surface area contributed by atoms with Crippen molar-refractivity contribution in [2.45, 2.75) is 12.5 Å². The van der Waals surface area contributed by atoms with Crippen LogP contribution in [-0.2, 0) is 6.42 Å². The average Bonchev–Trinajstić information content (AvgIpc) is 3.53. The molecule has 0 bridgehead atoms. The van der Waals surface area contributed by atoms with Gasteiger partial charge in [0, 0.05) is 44.8 Å². The lowest BCUT2D eigenvalue weighted by atomic mass is 9.81. The van der Waals surface area contributed by atoms with Crippen LogP contribution in [0.3, 0.4) is 0 Å². The highest BCUT2D eigenvalue weighted by Crippen LogP contribution is 2.44. The van der Waals surface area contributed by atoms with Crippen LogP contribution in [0.4, 0.5) is 11.4 Å². The SMILES string of the molecule is N#CC1=CC2Cc3ccccc3N(c3cccc(-c4cc(-c5cc(C#N)ccc5-n5c6ccccc6c6ccccc65)ccc4C#N)c3)C2C=C1. The molecule has 0 fully saturated rings. The number of benzene rings is 6. The van der Waals surface area contributed by atoms with Gasteiger partial charge in [-0.05, 0) is 89.9 Å². The lowest BCUT2D eigenvalue weighted by Crippen LogP contribution is -2.41. The van der Waals surface area contributed by atoms with Gasteiger partial charge < -0.3 is 9.47 Å². The topological polar surface area (TPSA) is 79.5 Å². The predicted octanol–water partition coefficient (Wildman–Crippen LogP) is 10.6. The van der Waals surface area contributed by atoms with Crippen molar-refractivity contribution < 1.29 is 0 Å². The number of anilines is 2. The number of nitriles is 3. The summed E-state index contributed by atoms with van der Waals surface area (Å²) in [5.74, 6) is 0.160. The summed E-state index contributed by atoms with van der Waals surface area (Å²) in [4.78, 5) is 2.36. The van der Waals surface area contributed by atoms with Gasteiger partial charge in [-0.2, -0.15) is 15.8 Å². The Morgan fingerprint density at radius 3 is 2.10 bits per heavy atom. The lowest BCUT2D eigenvalue weighted by molar-refractivity contribution is 0.531. The van der Waals surface area contributed by atoms with Crippen LogP contribution in [-0.4, -0.2) is 10.6 Å². The molecule has 2 aliphatic rings. The average molecular weight is 652 g/mol. The molecule has 1 aromatic heterocycles. The van der Waals surface area contributed by atoms with Crippen molar-refractivity contribution in [1.82, 2.24) is 4.57 Å². The van der Waals surface area contributed by atoms with E-state index < -0.39 is 0 Å². The summed E-state index contributed by atoms with van der Waals surface area (Å²) in [6, 6.07) is 52.6. The summed E-state index contributed by atoms with van der Waals surface area (Å²) < 4.78 is 2.27. The zero-order chi connectivity index (χ0) is 34.5. The predicted molar refractivity (Wildman–Crippen MR) is 203 cm³/mol. The van der Waals surface area contributed by atoms with Crippen LogP contribution in [0.25, 0.3) is 49.7 Å². The van der Waals surface area contributed by atoms with Crippen LogP contribution in [0.5, 0.6) is 0 Å². The van der Waals surface area contributed by atoms with Crippen molar-refractivity contribution in [3.63, 3.8) is 0 Å². The van der Waals surface area contributed by atoms with Gasteiger partial charge in [0.05, 0.1) is 52.1 Å². The molecule has 2 heterocycles. The molecule has 2 unspecified atom stereocenters. The second-order valence-corrected chi connectivity index (χ2v) is 13.1. The van der Waals surface area contributed by atoms with E-state index in [9.17, 15) is 15.8 Å². The van der Waals surface area contributed by atoms with Crippen molar-refractivity contribution in [2.24, 2.45) is 5.92 Å². The van der Waals surface area contributed by atoms with Crippen molar-refractivity contribution in [3.05, 3.63) is 174 Å². The third kappa shape index (κ3) is 4.90. The van der Waals surface area contributed by atoms with Crippen LogP contribution in [0, 0.1) is 39.9 Å². The monoisotopic (exact) mass is 651 g/mol. The fourth-order valence-corrected chi connectivity index (χ4v) is 7.99. The maximum absolute atomic E-state index is 10.4. The zero-order valence-corrected chi connectivity index (χ0v) is 27.5. The first-order chi connectivity index (χ1) is 25.1. The van der Waals surface area contributed by atoms with E-state index in [2.05, 4.69) is 137 Å². The molecule has 5 heteroatoms. The van der Waals surface area contributed by atoms with Crippen LogP contribution >= 0.6 is 0 Å². The van der Waals surface area contributed by atoms with Gasteiger partial charge in [0.25, 0.3) is 0 Å². The van der Waals surface area contributed by atoms with Crippen molar-refractivity contribution in [3.8, 4) is 46.1 Å². The van der Waals surface area contributed by atoms with Gasteiger partial charge in [0.15, 0.2) is 0 Å². The minimum atomic E-state index is 0.0523. The second-order valence-electron chi connectivity index (χ2n) is 13.1. The van der Waals surface area contributed by atoms with E-state index >= 15 is 0 Å². The Kier molecular flexibility index (Phi) is 7.10. The first-order valence-electron chi connectivity index (χ1n) is 17.0. The van der Waals surface area contributed by atoms with Crippen molar-refractivity contribution in [1.29, 1.82) is 15.8 Å². The number of aromatic nitrogens is 1. The number of hydrogen-bond donors (Lipinski definition) is 0. The minimum Gasteiger partial charge on any atom is -0.334 e. The van der Waals surface area contributed by atoms with E-state index in [1.165, 1.54) is 5.56 Å². The van der Waals surface area contributed by atoms with E-state index in [-0.39, 0.29) is 12.0 Å². The Morgan fingerprint density at radius 2 is 1.33 bits per heavy atom. The molecule has 238 valence electrons. The van der Waals surface area contributed by atoms with Gasteiger partial charge in [-0.3, -0.25) is 0 Å². The van der Waals surface area contributed by atoms with Crippen molar-refractivity contribution >= 4 is 33.2 Å². The normalized spacial score (nSPS) is 16.1. The zero-order valence-electron chi connectivity index (χ0n) is 27.5. The maximum Gasteiger partial charge on any atom is 0.0998 e. The number of rotatable bonds is 4. The highest BCUT2D eigenvalue weighted by atomic mass is 15.2. The molecule has 0 saturated carbocycles. The van der Waals surface area contributed by atoms with Crippen LogP contribution in [0.15, 0.2) is 157 Å². The molecular formula is C46H29N5. The molecule has 0 N–H and O–H groups in total. The molecule has 1 aliphatic heterocycles. The number of allylic oxidation sites excluding steroid dienone is 2. The number of hydrogen-bond acceptors (Lipinski definition) is 4. The number of para-hydroxylation sites is 3. The Hall–Kier alpha value is -7.13. The third-order valence-electron chi connectivity index (χ3n) is 10.3. The molecule has 0 saturated heterocycles. The summed E-state index contributed by atoms with van der Waals surface area (Å²) in [6.45, 7) is 0. The molecule has 0 spiro atoms. The summed E-state index contributed by atoms with van der Waals surface area (Å²) in [5, 5.41) is 32.3. The molecule has 0 radical (unpaired) electrons. The molecule has 9 rings (SSSR count). The Morgan fingerprint density at radius 1 is 0.588 bits per heavy atom. The van der Waals surface area contributed by atoms with E-state index in [0.29, 0.717) is 16.7 Å². The molecular weight excluding hydrogens is 623 g/mol. The molecule has 7 aromatic rings. The van der Waals surface area contributed by atoms with Gasteiger partial charge in [-0.25, -0.2) is 0 Å². The molecule has 6 aromatic carbocycles. The smallest absolute Gasteiger partial charge is 0.0998 e. The molecule has 2 atom stereocenters. The summed E-state index contributed by atoms with van der Waals surface area (Å²) >= 11 is 0. The standard InChI is InChI=1S/C46H29N5/c47-27-30-16-20-43-36(22-30)24-34-8-1-4-13-42(34)50(43)37-10-7-9-32(25-37)40-26-33(18-19-35(40)29-49)41-23-31(28-48)17-21-46(41)51-44-14-5-2-11-38(44)39-12-3-6-15-45(39)51/h1-23,25-26,36,43H,24H2. The number of fused-ring (bicyclic) bond motifs is 5. The summed E-state index contributed by atoms with van der Waals surface area (Å²) in [6.07, 6.45) is 7.03. The number of nitrogens with zero attached hydrogens (tertiary/aromatic N) is 5. The minimum absolute atomic E-state index is 0.0523. The first kappa shape index (κ1) is 30.0. The highest BCUT2D eigenvalue weighted by molar-refractivity contribution is 6.09. The van der Waals surface area contributed by atoms with E-state index in [4.69, 9.17) is 0 Å². The van der Waals surface area contributed by atoms with Crippen LogP contribution in [0.1, 0.15) is 16.7 Å². The van der Waals surface area contributed by atoms with Gasteiger partial charge >= 0.3 is 0 Å². The Bertz CT molecular complexity index is 2690. The van der Waals surface area contributed by atoms with E-state index in [1.54, 1.807) is 0 Å². The van der Waals surface area contributed by atoms with Crippen molar-refractivity contribution in [2.75, 3.05) is 4.90 Å². The molecule has 5 nitrogen and oxygen atoms in total. The van der Waals surface area contributed by atoms with Gasteiger partial charge in [0.1, 0.15) is 0 Å². The Labute approximate surface area is 296 Å². The highest BCUT2D eigenvalue weighted by Gasteiger charge is 2.34. The van der Waals surface area contributed by atoms with Crippen LogP contribution in [0.2, 0.25) is 0 Å². The first-order valence-corrected chi connectivity index (χ1v) is 17.0. The second kappa shape index (κ2) is 12.1. The van der Waals surface area contributed by atoms with E-state index in [1.807, 2.05) is 42.5 Å². The van der Waals surface area contributed by atoms with Crippen LogP contribution < -0.4 is 4.90 Å².